The van der Waals surface area contributed by atoms with E-state index in [0.29, 0.717) is 11.4 Å². The molecule has 0 radical (unpaired) electrons. The molecule has 0 aliphatic carbocycles. The van der Waals surface area contributed by atoms with Crippen LogP contribution >= 0.6 is 11.6 Å². The highest BCUT2D eigenvalue weighted by Crippen LogP contribution is 2.31. The normalized spacial score (nSPS) is 12.5. The van der Waals surface area contributed by atoms with E-state index in [9.17, 15) is 4.79 Å². The van der Waals surface area contributed by atoms with E-state index in [4.69, 9.17) is 16.7 Å². The molecule has 0 fully saturated rings. The van der Waals surface area contributed by atoms with Gasteiger partial charge in [-0.2, -0.15) is 0 Å². The fourth-order valence-corrected chi connectivity index (χ4v) is 2.00. The number of carbonyl (C=O) groups is 1. The van der Waals surface area contributed by atoms with Crippen molar-refractivity contribution in [1.82, 2.24) is 0 Å². The Morgan fingerprint density at radius 3 is 2.53 bits per heavy atom. The first-order valence-corrected chi connectivity index (χ1v) is 5.34. The van der Waals surface area contributed by atoms with Gasteiger partial charge >= 0.3 is 5.97 Å². The van der Waals surface area contributed by atoms with Crippen LogP contribution in [-0.2, 0) is 4.79 Å². The largest absolute Gasteiger partial charge is 0.481 e. The van der Waals surface area contributed by atoms with Gasteiger partial charge in [-0.25, -0.2) is 0 Å². The Morgan fingerprint density at radius 2 is 2.07 bits per heavy atom. The summed E-state index contributed by atoms with van der Waals surface area (Å²) in [6.45, 7) is 5.70. The van der Waals surface area contributed by atoms with Crippen molar-refractivity contribution in [3.8, 4) is 0 Å². The van der Waals surface area contributed by atoms with Gasteiger partial charge in [0.2, 0.25) is 0 Å². The third-order valence-electron chi connectivity index (χ3n) is 2.51. The molecule has 0 saturated carbocycles. The first-order valence-electron chi connectivity index (χ1n) is 4.96. The SMILES string of the molecule is CCC(C(=O)O)c1cc(C)cc(C)c1Cl. The molecule has 0 heterocycles. The second kappa shape index (κ2) is 4.67. The summed E-state index contributed by atoms with van der Waals surface area (Å²) in [6, 6.07) is 3.82. The maximum Gasteiger partial charge on any atom is 0.311 e. The Labute approximate surface area is 94.9 Å². The standard InChI is InChI=1S/C12H15ClO2/c1-4-9(12(14)15)10-6-7(2)5-8(3)11(10)13/h5-6,9H,4H2,1-3H3,(H,14,15). The molecule has 3 heteroatoms. The van der Waals surface area contributed by atoms with Crippen molar-refractivity contribution in [1.29, 1.82) is 0 Å². The summed E-state index contributed by atoms with van der Waals surface area (Å²) in [6.07, 6.45) is 0.554. The number of carboxylic acid groups (broad SMARTS) is 1. The first kappa shape index (κ1) is 12.1. The molecule has 1 atom stereocenters. The van der Waals surface area contributed by atoms with Gasteiger partial charge in [0.15, 0.2) is 0 Å². The summed E-state index contributed by atoms with van der Waals surface area (Å²) in [5, 5.41) is 9.65. The molecule has 0 spiro atoms. The van der Waals surface area contributed by atoms with Crippen LogP contribution in [-0.4, -0.2) is 11.1 Å². The topological polar surface area (TPSA) is 37.3 Å². The highest BCUT2D eigenvalue weighted by molar-refractivity contribution is 6.32. The van der Waals surface area contributed by atoms with E-state index in [1.807, 2.05) is 32.9 Å². The van der Waals surface area contributed by atoms with Gasteiger partial charge in [-0.05, 0) is 31.4 Å². The zero-order valence-electron chi connectivity index (χ0n) is 9.17. The molecule has 1 aromatic rings. The number of hydrogen-bond acceptors (Lipinski definition) is 1. The van der Waals surface area contributed by atoms with Crippen molar-refractivity contribution in [2.24, 2.45) is 0 Å². The summed E-state index contributed by atoms with van der Waals surface area (Å²) in [5.41, 5.74) is 2.71. The van der Waals surface area contributed by atoms with E-state index in [0.717, 1.165) is 16.7 Å². The van der Waals surface area contributed by atoms with Crippen molar-refractivity contribution in [3.63, 3.8) is 0 Å². The van der Waals surface area contributed by atoms with Crippen LogP contribution in [0.15, 0.2) is 12.1 Å². The van der Waals surface area contributed by atoms with Crippen LogP contribution in [0.2, 0.25) is 5.02 Å². The summed E-state index contributed by atoms with van der Waals surface area (Å²) in [4.78, 5) is 11.0. The highest BCUT2D eigenvalue weighted by Gasteiger charge is 2.21. The average molecular weight is 227 g/mol. The van der Waals surface area contributed by atoms with Gasteiger partial charge in [0.1, 0.15) is 0 Å². The van der Waals surface area contributed by atoms with E-state index >= 15 is 0 Å². The van der Waals surface area contributed by atoms with E-state index in [2.05, 4.69) is 0 Å². The summed E-state index contributed by atoms with van der Waals surface area (Å²) < 4.78 is 0. The average Bonchev–Trinajstić information content (AvgIpc) is 2.13. The van der Waals surface area contributed by atoms with Gasteiger partial charge in [0.25, 0.3) is 0 Å². The van der Waals surface area contributed by atoms with Crippen LogP contribution in [0.3, 0.4) is 0 Å². The Hall–Kier alpha value is -1.02. The number of halogens is 1. The lowest BCUT2D eigenvalue weighted by atomic mass is 9.93. The summed E-state index contributed by atoms with van der Waals surface area (Å²) in [7, 11) is 0. The molecular formula is C12H15ClO2. The third kappa shape index (κ3) is 2.51. The van der Waals surface area contributed by atoms with E-state index in [1.165, 1.54) is 0 Å². The quantitative estimate of drug-likeness (QED) is 0.856. The summed E-state index contributed by atoms with van der Waals surface area (Å²) >= 11 is 6.12. The maximum absolute atomic E-state index is 11.0. The van der Waals surface area contributed by atoms with Gasteiger partial charge in [0, 0.05) is 5.02 Å². The fourth-order valence-electron chi connectivity index (χ4n) is 1.76. The van der Waals surface area contributed by atoms with E-state index in [-0.39, 0.29) is 0 Å². The second-order valence-electron chi connectivity index (χ2n) is 3.78. The van der Waals surface area contributed by atoms with Crippen molar-refractivity contribution in [3.05, 3.63) is 33.8 Å². The van der Waals surface area contributed by atoms with Crippen LogP contribution in [0.4, 0.5) is 0 Å². The van der Waals surface area contributed by atoms with Gasteiger partial charge < -0.3 is 5.11 Å². The molecule has 0 aliphatic heterocycles. The van der Waals surface area contributed by atoms with Crippen LogP contribution in [0.25, 0.3) is 0 Å². The van der Waals surface area contributed by atoms with E-state index < -0.39 is 11.9 Å². The molecule has 1 aromatic carbocycles. The molecule has 0 aromatic heterocycles. The molecule has 2 nitrogen and oxygen atoms in total. The van der Waals surface area contributed by atoms with Crippen LogP contribution in [0.5, 0.6) is 0 Å². The predicted octanol–water partition coefficient (Wildman–Crippen LogP) is 3.54. The molecule has 15 heavy (non-hydrogen) atoms. The molecule has 0 aliphatic rings. The molecule has 1 rings (SSSR count). The lowest BCUT2D eigenvalue weighted by Gasteiger charge is -2.14. The molecular weight excluding hydrogens is 212 g/mol. The Kier molecular flexibility index (Phi) is 3.75. The molecule has 0 bridgehead atoms. The van der Waals surface area contributed by atoms with Crippen molar-refractivity contribution in [2.75, 3.05) is 0 Å². The van der Waals surface area contributed by atoms with Crippen molar-refractivity contribution < 1.29 is 9.90 Å². The van der Waals surface area contributed by atoms with Gasteiger partial charge in [0.05, 0.1) is 5.92 Å². The summed E-state index contributed by atoms with van der Waals surface area (Å²) in [5.74, 6) is -1.32. The van der Waals surface area contributed by atoms with Crippen LogP contribution in [0.1, 0.15) is 36.0 Å². The van der Waals surface area contributed by atoms with Crippen LogP contribution < -0.4 is 0 Å². The predicted molar refractivity (Wildman–Crippen MR) is 61.6 cm³/mol. The Balaban J connectivity index is 3.28. The molecule has 82 valence electrons. The van der Waals surface area contributed by atoms with Crippen molar-refractivity contribution in [2.45, 2.75) is 33.1 Å². The second-order valence-corrected chi connectivity index (χ2v) is 4.16. The number of carboxylic acids is 1. The molecule has 1 N–H and O–H groups in total. The maximum atomic E-state index is 11.0. The number of rotatable bonds is 3. The smallest absolute Gasteiger partial charge is 0.311 e. The lowest BCUT2D eigenvalue weighted by molar-refractivity contribution is -0.138. The Bertz CT molecular complexity index is 385. The number of aliphatic carboxylic acids is 1. The van der Waals surface area contributed by atoms with Crippen LogP contribution in [0, 0.1) is 13.8 Å². The zero-order valence-corrected chi connectivity index (χ0v) is 9.93. The number of hydrogen-bond donors (Lipinski definition) is 1. The fraction of sp³-hybridized carbons (Fsp3) is 0.417. The van der Waals surface area contributed by atoms with Gasteiger partial charge in [-0.15, -0.1) is 0 Å². The number of benzene rings is 1. The van der Waals surface area contributed by atoms with E-state index in [1.54, 1.807) is 0 Å². The minimum atomic E-state index is -0.815. The van der Waals surface area contributed by atoms with Crippen molar-refractivity contribution >= 4 is 17.6 Å². The minimum Gasteiger partial charge on any atom is -0.481 e. The zero-order chi connectivity index (χ0) is 11.6. The highest BCUT2D eigenvalue weighted by atomic mass is 35.5. The molecule has 0 saturated heterocycles. The minimum absolute atomic E-state index is 0.504. The molecule has 0 amide bonds. The first-order chi connectivity index (χ1) is 6.97. The van der Waals surface area contributed by atoms with Gasteiger partial charge in [-0.3, -0.25) is 4.79 Å². The van der Waals surface area contributed by atoms with Gasteiger partial charge in [-0.1, -0.05) is 36.2 Å². The Morgan fingerprint density at radius 1 is 1.47 bits per heavy atom. The lowest BCUT2D eigenvalue weighted by Crippen LogP contribution is -2.11. The molecule has 1 unspecified atom stereocenters. The number of aryl methyl sites for hydroxylation is 2. The third-order valence-corrected chi connectivity index (χ3v) is 3.03. The monoisotopic (exact) mass is 226 g/mol.